The molecule has 0 bridgehead atoms. The molecule has 4 rings (SSSR count). The minimum atomic E-state index is -1.31. The van der Waals surface area contributed by atoms with Crippen molar-refractivity contribution in [2.75, 3.05) is 12.3 Å². The zero-order valence-electron chi connectivity index (χ0n) is 31.2. The number of carboxylic acid groups (broad SMARTS) is 1. The van der Waals surface area contributed by atoms with Crippen molar-refractivity contribution in [1.29, 1.82) is 0 Å². The van der Waals surface area contributed by atoms with E-state index in [4.69, 9.17) is 0 Å². The van der Waals surface area contributed by atoms with Crippen LogP contribution in [-0.2, 0) is 35.2 Å². The van der Waals surface area contributed by atoms with Crippen LogP contribution in [0.5, 0.6) is 0 Å². The minimum absolute atomic E-state index is 0.00105. The van der Waals surface area contributed by atoms with Gasteiger partial charge in [0.15, 0.2) is 0 Å². The summed E-state index contributed by atoms with van der Waals surface area (Å²) in [5.74, 6) is -3.68. The largest absolute Gasteiger partial charge is 0.481 e. The molecule has 0 aliphatic carbocycles. The summed E-state index contributed by atoms with van der Waals surface area (Å²) in [5.41, 5.74) is 0.0907. The fourth-order valence-corrected chi connectivity index (χ4v) is 7.71. The Bertz CT molecular complexity index is 1590. The Morgan fingerprint density at radius 3 is 2.06 bits per heavy atom. The van der Waals surface area contributed by atoms with Crippen molar-refractivity contribution in [2.24, 2.45) is 5.92 Å². The van der Waals surface area contributed by atoms with Crippen molar-refractivity contribution in [3.8, 4) is 0 Å². The number of hydrogen-bond donors (Lipinski definition) is 6. The minimum Gasteiger partial charge on any atom is -0.481 e. The smallest absolute Gasteiger partial charge is 0.303 e. The van der Waals surface area contributed by atoms with Crippen molar-refractivity contribution in [2.45, 2.75) is 120 Å². The zero-order valence-corrected chi connectivity index (χ0v) is 32.0. The Morgan fingerprint density at radius 2 is 1.43 bits per heavy atom. The average Bonchev–Trinajstić information content (AvgIpc) is 3.57. The van der Waals surface area contributed by atoms with E-state index in [2.05, 4.69) is 26.6 Å². The Hall–Kier alpha value is -4.43. The monoisotopic (exact) mass is 750 g/mol. The number of nitrogens with one attached hydrogen (secondary N) is 5. The number of fused-ring (bicyclic) bond motifs is 1. The summed E-state index contributed by atoms with van der Waals surface area (Å²) >= 11 is 1.42. The molecule has 2 heterocycles. The molecule has 6 atom stereocenters. The highest BCUT2D eigenvalue weighted by molar-refractivity contribution is 7.99. The van der Waals surface area contributed by atoms with E-state index in [1.807, 2.05) is 83.1 Å². The van der Waals surface area contributed by atoms with E-state index in [1.165, 1.54) is 11.8 Å². The van der Waals surface area contributed by atoms with Gasteiger partial charge in [-0.1, -0.05) is 62.4 Å². The van der Waals surface area contributed by atoms with Gasteiger partial charge < -0.3 is 31.7 Å². The summed E-state index contributed by atoms with van der Waals surface area (Å²) in [7, 11) is 0. The van der Waals surface area contributed by atoms with Crippen LogP contribution in [-0.4, -0.2) is 99.6 Å². The number of nitrogens with zero attached hydrogens (tertiary/aromatic N) is 1. The van der Waals surface area contributed by atoms with Gasteiger partial charge in [0.25, 0.3) is 0 Å². The third-order valence-corrected chi connectivity index (χ3v) is 10.3. The van der Waals surface area contributed by atoms with Crippen molar-refractivity contribution >= 4 is 47.3 Å². The number of amides is 5. The van der Waals surface area contributed by atoms with E-state index in [0.717, 1.165) is 10.5 Å². The highest BCUT2D eigenvalue weighted by Crippen LogP contribution is 2.27. The molecule has 2 aromatic carbocycles. The van der Waals surface area contributed by atoms with E-state index in [9.17, 15) is 33.9 Å². The number of rotatable bonds is 11. The number of carboxylic acids is 1. The highest BCUT2D eigenvalue weighted by atomic mass is 32.2. The van der Waals surface area contributed by atoms with Crippen molar-refractivity contribution < 1.29 is 33.9 Å². The summed E-state index contributed by atoms with van der Waals surface area (Å²) in [4.78, 5) is 85.4. The van der Waals surface area contributed by atoms with Crippen LogP contribution in [0.15, 0.2) is 65.6 Å². The summed E-state index contributed by atoms with van der Waals surface area (Å²) in [5, 5.41) is 24.2. The molecule has 2 aliphatic heterocycles. The molecule has 5 amide bonds. The van der Waals surface area contributed by atoms with Crippen LogP contribution >= 0.6 is 11.8 Å². The standard InChI is InChI=1S/C39H54N6O7S/c1-24(2)21-28-35(49)41-29(22-25-13-8-6-9-14-25)36(50)40-27(18-19-32(46)47)34(48)43-30(23-53-26-15-10-7-11-16-26)33(38(52)44-39(3,4)5)45-20-12-17-31(45)37(51)42-28/h6-11,13-16,24,27-31,33H,12,17-23H2,1-5H3,(H,40,50)(H,41,49)(H,42,51)(H,43,48)(H,44,52)(H,46,47)/t27-,28-,29-,30+,31+,33+/m0/s1. The Kier molecular flexibility index (Phi) is 14.9. The Balaban J connectivity index is 1.83. The predicted molar refractivity (Wildman–Crippen MR) is 203 cm³/mol. The van der Waals surface area contributed by atoms with E-state index >= 15 is 0 Å². The molecule has 6 N–H and O–H groups in total. The normalized spacial score (nSPS) is 24.9. The second kappa shape index (κ2) is 19.1. The molecule has 0 radical (unpaired) electrons. The van der Waals surface area contributed by atoms with Gasteiger partial charge in [-0.3, -0.25) is 33.7 Å². The first-order valence-corrected chi connectivity index (χ1v) is 19.3. The van der Waals surface area contributed by atoms with Crippen molar-refractivity contribution in [3.63, 3.8) is 0 Å². The lowest BCUT2D eigenvalue weighted by atomic mass is 10.00. The lowest BCUT2D eigenvalue weighted by Gasteiger charge is -2.39. The fourth-order valence-electron chi connectivity index (χ4n) is 6.72. The van der Waals surface area contributed by atoms with Gasteiger partial charge in [-0.25, -0.2) is 0 Å². The third-order valence-electron chi connectivity index (χ3n) is 9.14. The van der Waals surface area contributed by atoms with E-state index in [0.29, 0.717) is 19.4 Å². The summed E-state index contributed by atoms with van der Waals surface area (Å²) in [6.45, 7) is 9.76. The van der Waals surface area contributed by atoms with Crippen molar-refractivity contribution in [1.82, 2.24) is 31.5 Å². The van der Waals surface area contributed by atoms with Crippen LogP contribution < -0.4 is 26.6 Å². The van der Waals surface area contributed by atoms with E-state index in [-0.39, 0.29) is 30.9 Å². The molecule has 0 saturated carbocycles. The van der Waals surface area contributed by atoms with Crippen LogP contribution in [0.1, 0.15) is 72.3 Å². The van der Waals surface area contributed by atoms with Gasteiger partial charge in [0.1, 0.15) is 24.2 Å². The molecule has 14 heteroatoms. The third kappa shape index (κ3) is 12.6. The Labute approximate surface area is 316 Å². The van der Waals surface area contributed by atoms with Crippen LogP contribution in [0.4, 0.5) is 0 Å². The summed E-state index contributed by atoms with van der Waals surface area (Å²) in [6, 6.07) is 12.4. The predicted octanol–water partition coefficient (Wildman–Crippen LogP) is 2.63. The molecular weight excluding hydrogens is 697 g/mol. The maximum absolute atomic E-state index is 14.4. The number of carbonyl (C=O) groups is 6. The van der Waals surface area contributed by atoms with E-state index < -0.39 is 83.7 Å². The molecule has 13 nitrogen and oxygen atoms in total. The van der Waals surface area contributed by atoms with Gasteiger partial charge in [0.2, 0.25) is 29.5 Å². The number of thioether (sulfide) groups is 1. The van der Waals surface area contributed by atoms with Gasteiger partial charge in [0.05, 0.1) is 12.1 Å². The topological polar surface area (TPSA) is 186 Å². The van der Waals surface area contributed by atoms with Crippen LogP contribution in [0.2, 0.25) is 0 Å². The molecule has 53 heavy (non-hydrogen) atoms. The van der Waals surface area contributed by atoms with Gasteiger partial charge >= 0.3 is 5.97 Å². The van der Waals surface area contributed by atoms with Gasteiger partial charge in [0, 0.05) is 29.0 Å². The number of benzene rings is 2. The SMILES string of the molecule is CC(C)C[C@@H]1NC(=O)[C@H]2CCCN2[C@@H](C(=O)NC(C)(C)C)[C@@H](CSc2ccccc2)NC(=O)[C@H](CCC(=O)O)NC(=O)[C@H](Cc2ccccc2)NC1=O. The lowest BCUT2D eigenvalue weighted by molar-refractivity contribution is -0.138. The maximum Gasteiger partial charge on any atom is 0.303 e. The average molecular weight is 751 g/mol. The lowest BCUT2D eigenvalue weighted by Crippen LogP contribution is -2.65. The summed E-state index contributed by atoms with van der Waals surface area (Å²) in [6.07, 6.45) is 0.728. The highest BCUT2D eigenvalue weighted by Gasteiger charge is 2.45. The van der Waals surface area contributed by atoms with Crippen molar-refractivity contribution in [3.05, 3.63) is 66.2 Å². The molecular formula is C39H54N6O7S. The van der Waals surface area contributed by atoms with Gasteiger partial charge in [-0.2, -0.15) is 0 Å². The Morgan fingerprint density at radius 1 is 0.849 bits per heavy atom. The second-order valence-electron chi connectivity index (χ2n) is 15.3. The number of hydrogen-bond acceptors (Lipinski definition) is 8. The molecule has 2 aromatic rings. The van der Waals surface area contributed by atoms with Gasteiger partial charge in [-0.15, -0.1) is 11.8 Å². The fraction of sp³-hybridized carbons (Fsp3) is 0.538. The second-order valence-corrected chi connectivity index (χ2v) is 16.3. The molecule has 0 unspecified atom stereocenters. The maximum atomic E-state index is 14.4. The molecule has 0 spiro atoms. The number of carbonyl (C=O) groups excluding carboxylic acids is 5. The molecule has 2 aliphatic rings. The van der Waals surface area contributed by atoms with Crippen LogP contribution in [0, 0.1) is 5.92 Å². The number of aliphatic carboxylic acids is 1. The van der Waals surface area contributed by atoms with E-state index in [1.54, 1.807) is 17.0 Å². The summed E-state index contributed by atoms with van der Waals surface area (Å²) < 4.78 is 0. The molecule has 2 fully saturated rings. The van der Waals surface area contributed by atoms with Crippen LogP contribution in [0.25, 0.3) is 0 Å². The van der Waals surface area contributed by atoms with Gasteiger partial charge in [-0.05, 0) is 76.6 Å². The first-order chi connectivity index (χ1) is 25.1. The first kappa shape index (κ1) is 41.3. The zero-order chi connectivity index (χ0) is 38.7. The van der Waals surface area contributed by atoms with Crippen LogP contribution in [0.3, 0.4) is 0 Å². The quantitative estimate of drug-likeness (QED) is 0.188. The first-order valence-electron chi connectivity index (χ1n) is 18.3. The molecule has 0 aromatic heterocycles. The molecule has 288 valence electrons. The molecule has 2 saturated heterocycles.